The fourth-order valence-electron chi connectivity index (χ4n) is 4.41. The third-order valence-corrected chi connectivity index (χ3v) is 6.46. The van der Waals surface area contributed by atoms with E-state index in [-0.39, 0.29) is 41.0 Å². The smallest absolute Gasteiger partial charge is 0.191 e. The number of piperidine rings is 2. The van der Waals surface area contributed by atoms with Crippen molar-refractivity contribution < 1.29 is 4.74 Å². The zero-order valence-corrected chi connectivity index (χ0v) is 21.3. The number of hydrogen-bond acceptors (Lipinski definition) is 4. The Balaban J connectivity index is 0.00000392. The topological polar surface area (TPSA) is 52.1 Å². The Kier molecular flexibility index (Phi) is 11.0. The number of halogens is 1. The van der Waals surface area contributed by atoms with Crippen molar-refractivity contribution in [3.63, 3.8) is 0 Å². The summed E-state index contributed by atoms with van der Waals surface area (Å²) in [5, 5.41) is 7.13. The minimum absolute atomic E-state index is 0. The predicted octanol–water partition coefficient (Wildman–Crippen LogP) is 2.78. The molecule has 2 aliphatic heterocycles. The summed E-state index contributed by atoms with van der Waals surface area (Å²) in [7, 11) is 5.89. The Morgan fingerprint density at radius 2 is 1.68 bits per heavy atom. The van der Waals surface area contributed by atoms with Gasteiger partial charge in [0.05, 0.1) is 6.10 Å². The number of likely N-dealkylation sites (tertiary alicyclic amines) is 2. The molecular weight excluding hydrogens is 465 g/mol. The van der Waals surface area contributed by atoms with E-state index in [0.717, 1.165) is 19.0 Å². The van der Waals surface area contributed by atoms with Gasteiger partial charge in [-0.15, -0.1) is 24.0 Å². The van der Waals surface area contributed by atoms with Crippen molar-refractivity contribution in [2.24, 2.45) is 10.4 Å². The first-order chi connectivity index (χ1) is 12.8. The predicted molar refractivity (Wildman–Crippen MR) is 130 cm³/mol. The number of aliphatic imine (C=N–C) groups is 1. The van der Waals surface area contributed by atoms with Crippen LogP contribution >= 0.6 is 24.0 Å². The number of nitrogens with one attached hydrogen (secondary N) is 2. The quantitative estimate of drug-likeness (QED) is 0.328. The summed E-state index contributed by atoms with van der Waals surface area (Å²) in [5.41, 5.74) is 0.360. The number of guanidine groups is 1. The molecule has 2 rings (SSSR count). The molecule has 2 aliphatic rings. The van der Waals surface area contributed by atoms with Crippen LogP contribution in [0, 0.1) is 5.41 Å². The van der Waals surface area contributed by atoms with Crippen molar-refractivity contribution in [3.05, 3.63) is 0 Å². The van der Waals surface area contributed by atoms with Gasteiger partial charge in [-0.25, -0.2) is 0 Å². The van der Waals surface area contributed by atoms with Gasteiger partial charge in [0.25, 0.3) is 0 Å². The van der Waals surface area contributed by atoms with Crippen molar-refractivity contribution in [1.29, 1.82) is 0 Å². The lowest BCUT2D eigenvalue weighted by atomic mass is 9.84. The molecule has 0 bridgehead atoms. The number of ether oxygens (including phenoxy) is 1. The lowest BCUT2D eigenvalue weighted by molar-refractivity contribution is 0.0160. The molecule has 1 atom stereocenters. The Morgan fingerprint density at radius 1 is 1.07 bits per heavy atom. The summed E-state index contributed by atoms with van der Waals surface area (Å²) in [5.74, 6) is 0.886. The van der Waals surface area contributed by atoms with Gasteiger partial charge >= 0.3 is 0 Å². The zero-order valence-electron chi connectivity index (χ0n) is 19.0. The highest BCUT2D eigenvalue weighted by atomic mass is 127. The van der Waals surface area contributed by atoms with Crippen molar-refractivity contribution in [2.75, 3.05) is 60.5 Å². The molecule has 166 valence electrons. The normalized spacial score (nSPS) is 23.0. The average Bonchev–Trinajstić information content (AvgIpc) is 2.66. The summed E-state index contributed by atoms with van der Waals surface area (Å²) >= 11 is 0. The molecule has 0 spiro atoms. The molecule has 0 aromatic carbocycles. The van der Waals surface area contributed by atoms with Gasteiger partial charge in [-0.3, -0.25) is 9.89 Å². The molecule has 0 saturated carbocycles. The maximum atomic E-state index is 5.67. The van der Waals surface area contributed by atoms with Gasteiger partial charge in [-0.2, -0.15) is 0 Å². The van der Waals surface area contributed by atoms with Gasteiger partial charge in [-0.05, 0) is 64.3 Å². The summed E-state index contributed by atoms with van der Waals surface area (Å²) < 4.78 is 5.67. The Morgan fingerprint density at radius 3 is 2.18 bits per heavy atom. The van der Waals surface area contributed by atoms with Crippen LogP contribution in [-0.4, -0.2) is 87.9 Å². The zero-order chi connectivity index (χ0) is 19.9. The first kappa shape index (κ1) is 25.9. The Bertz CT molecular complexity index is 466. The molecule has 2 N–H and O–H groups in total. The van der Waals surface area contributed by atoms with Crippen molar-refractivity contribution in [1.82, 2.24) is 20.4 Å². The van der Waals surface area contributed by atoms with Crippen LogP contribution in [0.1, 0.15) is 52.9 Å². The molecule has 2 saturated heterocycles. The highest BCUT2D eigenvalue weighted by Gasteiger charge is 2.39. The first-order valence-electron chi connectivity index (χ1n) is 10.7. The monoisotopic (exact) mass is 509 g/mol. The van der Waals surface area contributed by atoms with Crippen molar-refractivity contribution >= 4 is 29.9 Å². The van der Waals surface area contributed by atoms with E-state index in [9.17, 15) is 0 Å². The summed E-state index contributed by atoms with van der Waals surface area (Å²) in [6.07, 6.45) is 6.67. The highest BCUT2D eigenvalue weighted by molar-refractivity contribution is 14.0. The second-order valence-corrected chi connectivity index (χ2v) is 9.47. The van der Waals surface area contributed by atoms with E-state index >= 15 is 0 Å². The van der Waals surface area contributed by atoms with Gasteiger partial charge in [0.1, 0.15) is 0 Å². The van der Waals surface area contributed by atoms with E-state index < -0.39 is 0 Å². The molecule has 2 fully saturated rings. The van der Waals surface area contributed by atoms with Crippen LogP contribution in [0.3, 0.4) is 0 Å². The minimum atomic E-state index is 0. The first-order valence-corrected chi connectivity index (χ1v) is 10.7. The van der Waals surface area contributed by atoms with E-state index in [1.54, 1.807) is 7.11 Å². The van der Waals surface area contributed by atoms with Crippen LogP contribution < -0.4 is 10.6 Å². The van der Waals surface area contributed by atoms with E-state index in [0.29, 0.717) is 0 Å². The molecule has 0 aromatic rings. The van der Waals surface area contributed by atoms with Crippen LogP contribution in [0.4, 0.5) is 0 Å². The van der Waals surface area contributed by atoms with Crippen LogP contribution in [-0.2, 0) is 4.74 Å². The standard InChI is InChI=1S/C21H43N5O.HI/c1-20(2,3)18(27-6)16-23-19(22-4)24-17-21(10-14-25(5)15-11-21)26-12-8-7-9-13-26;/h18H,7-17H2,1-6H3,(H2,22,23,24);1H. The van der Waals surface area contributed by atoms with Gasteiger partial charge in [-0.1, -0.05) is 27.2 Å². The van der Waals surface area contributed by atoms with Crippen LogP contribution in [0.25, 0.3) is 0 Å². The van der Waals surface area contributed by atoms with Gasteiger partial charge in [0.15, 0.2) is 5.96 Å². The van der Waals surface area contributed by atoms with Crippen LogP contribution in [0.2, 0.25) is 0 Å². The van der Waals surface area contributed by atoms with E-state index in [1.165, 1.54) is 58.3 Å². The van der Waals surface area contributed by atoms with Crippen LogP contribution in [0.5, 0.6) is 0 Å². The molecule has 0 radical (unpaired) electrons. The van der Waals surface area contributed by atoms with E-state index in [4.69, 9.17) is 4.74 Å². The lowest BCUT2D eigenvalue weighted by Gasteiger charge is -2.50. The lowest BCUT2D eigenvalue weighted by Crippen LogP contribution is -2.62. The summed E-state index contributed by atoms with van der Waals surface area (Å²) in [4.78, 5) is 9.68. The minimum Gasteiger partial charge on any atom is -0.379 e. The molecule has 6 nitrogen and oxygen atoms in total. The molecule has 28 heavy (non-hydrogen) atoms. The van der Waals surface area contributed by atoms with Gasteiger partial charge in [0.2, 0.25) is 0 Å². The van der Waals surface area contributed by atoms with Crippen LogP contribution in [0.15, 0.2) is 4.99 Å². The second kappa shape index (κ2) is 11.9. The SMILES string of the molecule is CN=C(NCC(OC)C(C)(C)C)NCC1(N2CCCCC2)CCN(C)CC1.I. The molecule has 7 heteroatoms. The molecule has 1 unspecified atom stereocenters. The molecule has 2 heterocycles. The van der Waals surface area contributed by atoms with Crippen molar-refractivity contribution in [3.8, 4) is 0 Å². The maximum Gasteiger partial charge on any atom is 0.191 e. The Labute approximate surface area is 190 Å². The number of nitrogens with zero attached hydrogens (tertiary/aromatic N) is 3. The fourth-order valence-corrected chi connectivity index (χ4v) is 4.41. The third-order valence-electron chi connectivity index (χ3n) is 6.46. The molecule has 0 aromatic heterocycles. The fraction of sp³-hybridized carbons (Fsp3) is 0.952. The highest BCUT2D eigenvalue weighted by Crippen LogP contribution is 2.30. The summed E-state index contributed by atoms with van der Waals surface area (Å²) in [6.45, 7) is 13.2. The molecular formula is C21H44IN5O. The van der Waals surface area contributed by atoms with Gasteiger partial charge in [0, 0.05) is 32.8 Å². The van der Waals surface area contributed by atoms with E-state index in [2.05, 4.69) is 53.2 Å². The molecule has 0 aliphatic carbocycles. The number of methoxy groups -OCH3 is 1. The second-order valence-electron chi connectivity index (χ2n) is 9.47. The van der Waals surface area contributed by atoms with E-state index in [1.807, 2.05) is 7.05 Å². The van der Waals surface area contributed by atoms with Crippen molar-refractivity contribution in [2.45, 2.75) is 64.5 Å². The molecule has 0 amide bonds. The maximum absolute atomic E-state index is 5.67. The largest absolute Gasteiger partial charge is 0.379 e. The van der Waals surface area contributed by atoms with Gasteiger partial charge < -0.3 is 20.3 Å². The third kappa shape index (κ3) is 7.29. The number of hydrogen-bond donors (Lipinski definition) is 2. The summed E-state index contributed by atoms with van der Waals surface area (Å²) in [6, 6.07) is 0. The average molecular weight is 510 g/mol. The number of rotatable bonds is 6. The Hall–Kier alpha value is -0.120.